The third kappa shape index (κ3) is 2.12. The van der Waals surface area contributed by atoms with Crippen LogP contribution in [0.15, 0.2) is 12.1 Å². The maximum atomic E-state index is 9.56. The number of aromatic hydroxyl groups is 1. The minimum absolute atomic E-state index is 0.113. The van der Waals surface area contributed by atoms with Gasteiger partial charge in [-0.05, 0) is 31.5 Å². The molecule has 3 nitrogen and oxygen atoms in total. The van der Waals surface area contributed by atoms with Gasteiger partial charge in [-0.15, -0.1) is 0 Å². The quantitative estimate of drug-likeness (QED) is 0.505. The summed E-state index contributed by atoms with van der Waals surface area (Å²) in [5.74, 6) is 5.47. The lowest BCUT2D eigenvalue weighted by Crippen LogP contribution is -2.25. The van der Waals surface area contributed by atoms with Crippen molar-refractivity contribution in [2.75, 3.05) is 0 Å². The molecule has 0 saturated heterocycles. The standard InChI is InChI=1S/C9H13ClN2O/c1-5-3-9(13)7(4-8(5)10)6(2)12-11/h3-4,6,12-13H,11H2,1-2H3. The van der Waals surface area contributed by atoms with Crippen LogP contribution in [0.3, 0.4) is 0 Å². The summed E-state index contributed by atoms with van der Waals surface area (Å²) < 4.78 is 0. The molecule has 0 spiro atoms. The lowest BCUT2D eigenvalue weighted by Gasteiger charge is -2.13. The van der Waals surface area contributed by atoms with E-state index in [1.165, 1.54) is 0 Å². The van der Waals surface area contributed by atoms with Crippen molar-refractivity contribution in [3.05, 3.63) is 28.3 Å². The van der Waals surface area contributed by atoms with Crippen LogP contribution in [0.25, 0.3) is 0 Å². The van der Waals surface area contributed by atoms with Gasteiger partial charge in [0.2, 0.25) is 0 Å². The Morgan fingerprint density at radius 1 is 1.54 bits per heavy atom. The van der Waals surface area contributed by atoms with E-state index in [0.717, 1.165) is 5.56 Å². The SMILES string of the molecule is Cc1cc(O)c(C(C)NN)cc1Cl. The molecule has 4 heteroatoms. The number of hydrogen-bond donors (Lipinski definition) is 3. The van der Waals surface area contributed by atoms with E-state index in [1.807, 2.05) is 13.8 Å². The van der Waals surface area contributed by atoms with E-state index in [9.17, 15) is 5.11 Å². The highest BCUT2D eigenvalue weighted by Crippen LogP contribution is 2.29. The van der Waals surface area contributed by atoms with Gasteiger partial charge >= 0.3 is 0 Å². The fourth-order valence-corrected chi connectivity index (χ4v) is 1.29. The van der Waals surface area contributed by atoms with E-state index in [2.05, 4.69) is 5.43 Å². The first-order valence-corrected chi connectivity index (χ1v) is 4.39. The molecule has 0 heterocycles. The van der Waals surface area contributed by atoms with Gasteiger partial charge in [0.1, 0.15) is 5.75 Å². The third-order valence-corrected chi connectivity index (χ3v) is 2.43. The number of hydrazine groups is 1. The fraction of sp³-hybridized carbons (Fsp3) is 0.333. The molecule has 13 heavy (non-hydrogen) atoms. The topological polar surface area (TPSA) is 58.3 Å². The number of nitrogens with one attached hydrogen (secondary N) is 1. The summed E-state index contributed by atoms with van der Waals surface area (Å²) >= 11 is 5.91. The lowest BCUT2D eigenvalue weighted by molar-refractivity contribution is 0.454. The van der Waals surface area contributed by atoms with Gasteiger partial charge in [0.25, 0.3) is 0 Å². The molecule has 4 N–H and O–H groups in total. The first-order valence-electron chi connectivity index (χ1n) is 4.01. The van der Waals surface area contributed by atoms with E-state index in [4.69, 9.17) is 17.4 Å². The molecule has 1 aromatic rings. The fourth-order valence-electron chi connectivity index (χ4n) is 1.12. The number of hydrogen-bond acceptors (Lipinski definition) is 3. The zero-order valence-electron chi connectivity index (χ0n) is 7.63. The zero-order chi connectivity index (χ0) is 10.0. The van der Waals surface area contributed by atoms with Crippen molar-refractivity contribution in [1.29, 1.82) is 0 Å². The van der Waals surface area contributed by atoms with Crippen LogP contribution < -0.4 is 11.3 Å². The molecular formula is C9H13ClN2O. The van der Waals surface area contributed by atoms with Gasteiger partial charge in [0, 0.05) is 16.6 Å². The van der Waals surface area contributed by atoms with Crippen LogP contribution in [0.4, 0.5) is 0 Å². The number of halogens is 1. The summed E-state index contributed by atoms with van der Waals surface area (Å²) in [6.07, 6.45) is 0. The smallest absolute Gasteiger partial charge is 0.120 e. The predicted octanol–water partition coefficient (Wildman–Crippen LogP) is 1.88. The Hall–Kier alpha value is -0.770. The average molecular weight is 201 g/mol. The molecule has 1 unspecified atom stereocenters. The minimum atomic E-state index is -0.113. The highest BCUT2D eigenvalue weighted by atomic mass is 35.5. The predicted molar refractivity (Wildman–Crippen MR) is 53.6 cm³/mol. The molecule has 0 fully saturated rings. The van der Waals surface area contributed by atoms with E-state index in [0.29, 0.717) is 10.6 Å². The maximum Gasteiger partial charge on any atom is 0.120 e. The van der Waals surface area contributed by atoms with Gasteiger partial charge in [0.15, 0.2) is 0 Å². The summed E-state index contributed by atoms with van der Waals surface area (Å²) in [6.45, 7) is 3.69. The van der Waals surface area contributed by atoms with Crippen LogP contribution in [-0.4, -0.2) is 5.11 Å². The average Bonchev–Trinajstić information content (AvgIpc) is 2.10. The van der Waals surface area contributed by atoms with Gasteiger partial charge in [-0.25, -0.2) is 0 Å². The van der Waals surface area contributed by atoms with Crippen molar-refractivity contribution >= 4 is 11.6 Å². The number of rotatable bonds is 2. The first-order chi connectivity index (χ1) is 6.06. The normalized spacial score (nSPS) is 12.9. The van der Waals surface area contributed by atoms with Crippen molar-refractivity contribution in [2.45, 2.75) is 19.9 Å². The number of benzene rings is 1. The maximum absolute atomic E-state index is 9.56. The number of phenols is 1. The summed E-state index contributed by atoms with van der Waals surface area (Å²) in [7, 11) is 0. The van der Waals surface area contributed by atoms with Crippen LogP contribution >= 0.6 is 11.6 Å². The zero-order valence-corrected chi connectivity index (χ0v) is 8.39. The van der Waals surface area contributed by atoms with E-state index >= 15 is 0 Å². The van der Waals surface area contributed by atoms with Crippen molar-refractivity contribution in [3.8, 4) is 5.75 Å². The Morgan fingerprint density at radius 2 is 2.15 bits per heavy atom. The van der Waals surface area contributed by atoms with E-state index in [1.54, 1.807) is 12.1 Å². The highest BCUT2D eigenvalue weighted by Gasteiger charge is 2.10. The van der Waals surface area contributed by atoms with Crippen LogP contribution in [-0.2, 0) is 0 Å². The molecular weight excluding hydrogens is 188 g/mol. The number of aryl methyl sites for hydroxylation is 1. The molecule has 0 aliphatic carbocycles. The summed E-state index contributed by atoms with van der Waals surface area (Å²) in [5, 5.41) is 10.2. The Morgan fingerprint density at radius 3 is 2.69 bits per heavy atom. The van der Waals surface area contributed by atoms with Crippen molar-refractivity contribution < 1.29 is 5.11 Å². The molecule has 1 rings (SSSR count). The van der Waals surface area contributed by atoms with Crippen molar-refractivity contribution in [1.82, 2.24) is 5.43 Å². The number of phenolic OH excluding ortho intramolecular Hbond substituents is 1. The Kier molecular flexibility index (Phi) is 3.14. The summed E-state index contributed by atoms with van der Waals surface area (Å²) in [5.41, 5.74) is 4.11. The van der Waals surface area contributed by atoms with Gasteiger partial charge in [0.05, 0.1) is 0 Å². The van der Waals surface area contributed by atoms with Crippen molar-refractivity contribution in [3.63, 3.8) is 0 Å². The summed E-state index contributed by atoms with van der Waals surface area (Å²) in [6, 6.07) is 3.24. The third-order valence-electron chi connectivity index (χ3n) is 2.02. The molecule has 0 aromatic heterocycles. The second-order valence-corrected chi connectivity index (χ2v) is 3.46. The first kappa shape index (κ1) is 10.3. The van der Waals surface area contributed by atoms with E-state index < -0.39 is 0 Å². The second kappa shape index (κ2) is 3.96. The number of nitrogens with two attached hydrogens (primary N) is 1. The molecule has 0 radical (unpaired) electrons. The highest BCUT2D eigenvalue weighted by molar-refractivity contribution is 6.31. The van der Waals surface area contributed by atoms with Gasteiger partial charge in [-0.2, -0.15) is 0 Å². The minimum Gasteiger partial charge on any atom is -0.508 e. The van der Waals surface area contributed by atoms with E-state index in [-0.39, 0.29) is 11.8 Å². The summed E-state index contributed by atoms with van der Waals surface area (Å²) in [4.78, 5) is 0. The van der Waals surface area contributed by atoms with Gasteiger partial charge < -0.3 is 5.11 Å². The molecule has 1 aromatic carbocycles. The molecule has 0 amide bonds. The van der Waals surface area contributed by atoms with Gasteiger partial charge in [-0.3, -0.25) is 11.3 Å². The molecule has 1 atom stereocenters. The largest absolute Gasteiger partial charge is 0.508 e. The second-order valence-electron chi connectivity index (χ2n) is 3.05. The molecule has 0 bridgehead atoms. The molecule has 72 valence electrons. The Balaban J connectivity index is 3.15. The Labute approximate surface area is 82.5 Å². The molecule has 0 aliphatic heterocycles. The van der Waals surface area contributed by atoms with Crippen LogP contribution in [0.2, 0.25) is 5.02 Å². The van der Waals surface area contributed by atoms with Crippen LogP contribution in [0.1, 0.15) is 24.1 Å². The Bertz CT molecular complexity index is 315. The molecule has 0 aliphatic rings. The molecule has 0 saturated carbocycles. The van der Waals surface area contributed by atoms with Crippen LogP contribution in [0.5, 0.6) is 5.75 Å². The van der Waals surface area contributed by atoms with Crippen LogP contribution in [0, 0.1) is 6.92 Å². The monoisotopic (exact) mass is 200 g/mol. The lowest BCUT2D eigenvalue weighted by atomic mass is 10.1. The van der Waals surface area contributed by atoms with Crippen molar-refractivity contribution in [2.24, 2.45) is 5.84 Å². The van der Waals surface area contributed by atoms with Gasteiger partial charge in [-0.1, -0.05) is 11.6 Å².